The number of sulfonamides is 1. The van der Waals surface area contributed by atoms with Crippen molar-refractivity contribution in [2.24, 2.45) is 0 Å². The lowest BCUT2D eigenvalue weighted by Gasteiger charge is -2.24. The Morgan fingerprint density at radius 2 is 1.90 bits per heavy atom. The second-order valence-electron chi connectivity index (χ2n) is 6.70. The number of aryl methyl sites for hydroxylation is 1. The Hall–Kier alpha value is -2.97. The predicted octanol–water partition coefficient (Wildman–Crippen LogP) is 3.89. The number of furan rings is 1. The summed E-state index contributed by atoms with van der Waals surface area (Å²) in [4.78, 5) is 12.6. The van der Waals surface area contributed by atoms with Gasteiger partial charge in [0.15, 0.2) is 0 Å². The summed E-state index contributed by atoms with van der Waals surface area (Å²) in [5, 5.41) is 3.13. The van der Waals surface area contributed by atoms with Crippen molar-refractivity contribution in [1.82, 2.24) is 5.32 Å². The Labute approximate surface area is 186 Å². The van der Waals surface area contributed by atoms with E-state index in [1.54, 1.807) is 42.7 Å². The third-order valence-corrected chi connectivity index (χ3v) is 6.56. The number of amides is 1. The number of benzene rings is 2. The molecule has 164 valence electrons. The molecule has 3 aromatic rings. The van der Waals surface area contributed by atoms with Gasteiger partial charge in [0.1, 0.15) is 18.1 Å². The molecule has 3 rings (SSSR count). The molecule has 0 fully saturated rings. The molecule has 1 amide bonds. The number of carbonyl (C=O) groups is 1. The Morgan fingerprint density at radius 1 is 1.13 bits per heavy atom. The van der Waals surface area contributed by atoms with Crippen LogP contribution in [0.4, 0.5) is 5.69 Å². The maximum Gasteiger partial charge on any atom is 0.264 e. The molecule has 0 bridgehead atoms. The molecule has 9 heteroatoms. The molecule has 0 saturated carbocycles. The first kappa shape index (κ1) is 22.7. The molecule has 0 aliphatic carbocycles. The molecule has 0 radical (unpaired) electrons. The van der Waals surface area contributed by atoms with Crippen molar-refractivity contribution >= 4 is 33.2 Å². The smallest absolute Gasteiger partial charge is 0.264 e. The highest BCUT2D eigenvalue weighted by Gasteiger charge is 2.27. The van der Waals surface area contributed by atoms with Crippen LogP contribution in [0.2, 0.25) is 5.02 Å². The van der Waals surface area contributed by atoms with Crippen molar-refractivity contribution in [3.8, 4) is 5.75 Å². The summed E-state index contributed by atoms with van der Waals surface area (Å²) in [5.41, 5.74) is 0.300. The molecular weight excluding hydrogens is 440 g/mol. The van der Waals surface area contributed by atoms with Gasteiger partial charge in [-0.3, -0.25) is 9.10 Å². The lowest BCUT2D eigenvalue weighted by Crippen LogP contribution is -2.41. The third kappa shape index (κ3) is 6.02. The normalized spacial score (nSPS) is 11.2. The second-order valence-corrected chi connectivity index (χ2v) is 9.00. The maximum atomic E-state index is 13.3. The van der Waals surface area contributed by atoms with E-state index in [1.807, 2.05) is 6.07 Å². The van der Waals surface area contributed by atoms with Crippen LogP contribution in [0.25, 0.3) is 0 Å². The van der Waals surface area contributed by atoms with E-state index < -0.39 is 15.9 Å². The summed E-state index contributed by atoms with van der Waals surface area (Å²) in [6, 6.07) is 16.0. The Bertz CT molecular complexity index is 1100. The van der Waals surface area contributed by atoms with Crippen molar-refractivity contribution in [2.45, 2.75) is 17.7 Å². The van der Waals surface area contributed by atoms with Gasteiger partial charge in [-0.2, -0.15) is 0 Å². The fourth-order valence-electron chi connectivity index (χ4n) is 2.95. The number of hydrogen-bond donors (Lipinski definition) is 1. The highest BCUT2D eigenvalue weighted by atomic mass is 35.5. The minimum atomic E-state index is -4.01. The molecule has 0 spiro atoms. The number of hydrogen-bond acceptors (Lipinski definition) is 5. The Kier molecular flexibility index (Phi) is 7.59. The van der Waals surface area contributed by atoms with Gasteiger partial charge in [0.2, 0.25) is 5.91 Å². The quantitative estimate of drug-likeness (QED) is 0.462. The van der Waals surface area contributed by atoms with E-state index in [9.17, 15) is 13.2 Å². The summed E-state index contributed by atoms with van der Waals surface area (Å²) >= 11 is 6.06. The van der Waals surface area contributed by atoms with E-state index >= 15 is 0 Å². The zero-order valence-electron chi connectivity index (χ0n) is 17.0. The zero-order chi connectivity index (χ0) is 22.3. The fourth-order valence-corrected chi connectivity index (χ4v) is 4.55. The van der Waals surface area contributed by atoms with Crippen LogP contribution in [-0.4, -0.2) is 34.5 Å². The minimum Gasteiger partial charge on any atom is -0.497 e. The number of rotatable bonds is 10. The molecule has 0 unspecified atom stereocenters. The largest absolute Gasteiger partial charge is 0.497 e. The number of methoxy groups -OCH3 is 1. The van der Waals surface area contributed by atoms with Gasteiger partial charge < -0.3 is 14.5 Å². The average Bonchev–Trinajstić information content (AvgIpc) is 3.28. The first-order chi connectivity index (χ1) is 14.9. The van der Waals surface area contributed by atoms with Crippen LogP contribution in [0.3, 0.4) is 0 Å². The highest BCUT2D eigenvalue weighted by molar-refractivity contribution is 7.92. The molecule has 0 atom stereocenters. The van der Waals surface area contributed by atoms with Crippen LogP contribution in [0, 0.1) is 0 Å². The summed E-state index contributed by atoms with van der Waals surface area (Å²) in [6.45, 7) is 0.0148. The molecule has 0 saturated heterocycles. The monoisotopic (exact) mass is 462 g/mol. The molecule has 31 heavy (non-hydrogen) atoms. The van der Waals surface area contributed by atoms with Gasteiger partial charge >= 0.3 is 0 Å². The number of nitrogens with one attached hydrogen (secondary N) is 1. The van der Waals surface area contributed by atoms with Gasteiger partial charge in [-0.25, -0.2) is 8.42 Å². The second kappa shape index (κ2) is 10.4. The highest BCUT2D eigenvalue weighted by Crippen LogP contribution is 2.27. The minimum absolute atomic E-state index is 0.0406. The number of ether oxygens (including phenoxy) is 1. The molecule has 2 aromatic carbocycles. The van der Waals surface area contributed by atoms with Crippen LogP contribution >= 0.6 is 11.6 Å². The van der Waals surface area contributed by atoms with Crippen molar-refractivity contribution < 1.29 is 22.4 Å². The standard InChI is InChI=1S/C22H23ClN2O5S/c1-29-19-9-11-21(12-10-19)31(27,28)25(18-6-2-5-17(23)15-18)16-22(26)24-13-3-7-20-8-4-14-30-20/h2,4-6,8-12,14-15H,3,7,13,16H2,1H3,(H,24,26). The molecule has 1 N–H and O–H groups in total. The van der Waals surface area contributed by atoms with Gasteiger partial charge in [-0.05, 0) is 61.0 Å². The van der Waals surface area contributed by atoms with E-state index in [4.69, 9.17) is 20.8 Å². The van der Waals surface area contributed by atoms with E-state index in [0.717, 1.165) is 10.1 Å². The average molecular weight is 463 g/mol. The number of nitrogens with zero attached hydrogens (tertiary/aromatic N) is 1. The van der Waals surface area contributed by atoms with Gasteiger partial charge in [0, 0.05) is 18.0 Å². The van der Waals surface area contributed by atoms with Crippen molar-refractivity contribution in [3.63, 3.8) is 0 Å². The van der Waals surface area contributed by atoms with Crippen molar-refractivity contribution in [1.29, 1.82) is 0 Å². The fraction of sp³-hybridized carbons (Fsp3) is 0.227. The number of halogens is 1. The van der Waals surface area contributed by atoms with Gasteiger partial charge in [-0.15, -0.1) is 0 Å². The molecular formula is C22H23ClN2O5S. The third-order valence-electron chi connectivity index (χ3n) is 4.53. The molecule has 0 aliphatic heterocycles. The Morgan fingerprint density at radius 3 is 2.55 bits per heavy atom. The Balaban J connectivity index is 1.75. The van der Waals surface area contributed by atoms with Gasteiger partial charge in [0.05, 0.1) is 24.0 Å². The molecule has 0 aliphatic rings. The maximum absolute atomic E-state index is 13.3. The van der Waals surface area contributed by atoms with Crippen LogP contribution in [0.1, 0.15) is 12.2 Å². The van der Waals surface area contributed by atoms with E-state index in [1.165, 1.54) is 25.3 Å². The van der Waals surface area contributed by atoms with Crippen LogP contribution < -0.4 is 14.4 Å². The van der Waals surface area contributed by atoms with Crippen LogP contribution in [0.5, 0.6) is 5.75 Å². The topological polar surface area (TPSA) is 88.9 Å². The lowest BCUT2D eigenvalue weighted by molar-refractivity contribution is -0.119. The first-order valence-electron chi connectivity index (χ1n) is 9.61. The molecule has 7 nitrogen and oxygen atoms in total. The molecule has 1 aromatic heterocycles. The summed E-state index contributed by atoms with van der Waals surface area (Å²) in [6.07, 6.45) is 2.94. The summed E-state index contributed by atoms with van der Waals surface area (Å²) in [5.74, 6) is 0.941. The number of carbonyl (C=O) groups excluding carboxylic acids is 1. The SMILES string of the molecule is COc1ccc(S(=O)(=O)N(CC(=O)NCCCc2ccco2)c2cccc(Cl)c2)cc1. The summed E-state index contributed by atoms with van der Waals surface area (Å²) in [7, 11) is -2.52. The van der Waals surface area contributed by atoms with Crippen LogP contribution in [-0.2, 0) is 21.2 Å². The van der Waals surface area contributed by atoms with E-state index in [0.29, 0.717) is 35.8 Å². The molecule has 1 heterocycles. The van der Waals surface area contributed by atoms with Crippen molar-refractivity contribution in [3.05, 3.63) is 77.7 Å². The van der Waals surface area contributed by atoms with E-state index in [-0.39, 0.29) is 11.4 Å². The van der Waals surface area contributed by atoms with Crippen molar-refractivity contribution in [2.75, 3.05) is 24.5 Å². The van der Waals surface area contributed by atoms with Gasteiger partial charge in [-0.1, -0.05) is 17.7 Å². The summed E-state index contributed by atoms with van der Waals surface area (Å²) < 4.78 is 38.0. The lowest BCUT2D eigenvalue weighted by atomic mass is 10.2. The zero-order valence-corrected chi connectivity index (χ0v) is 18.5. The van der Waals surface area contributed by atoms with Crippen LogP contribution in [0.15, 0.2) is 76.2 Å². The predicted molar refractivity (Wildman–Crippen MR) is 119 cm³/mol. The number of anilines is 1. The first-order valence-corrected chi connectivity index (χ1v) is 11.4. The van der Waals surface area contributed by atoms with Gasteiger partial charge in [0.25, 0.3) is 10.0 Å². The van der Waals surface area contributed by atoms with E-state index in [2.05, 4.69) is 5.32 Å².